The van der Waals surface area contributed by atoms with E-state index < -0.39 is 35.6 Å². The molecule has 8 nitrogen and oxygen atoms in total. The Bertz CT molecular complexity index is 771. The summed E-state index contributed by atoms with van der Waals surface area (Å²) in [6.07, 6.45) is -0.783. The Balaban J connectivity index is 3.24. The van der Waals surface area contributed by atoms with Crippen molar-refractivity contribution in [1.82, 2.24) is 15.5 Å². The Labute approximate surface area is 183 Å². The minimum Gasteiger partial charge on any atom is -0.444 e. The van der Waals surface area contributed by atoms with Gasteiger partial charge in [0.1, 0.15) is 24.2 Å². The second-order valence-corrected chi connectivity index (χ2v) is 8.35. The van der Waals surface area contributed by atoms with E-state index in [4.69, 9.17) is 4.74 Å². The number of thiol groups is 1. The lowest BCUT2D eigenvalue weighted by Gasteiger charge is -2.32. The Morgan fingerprint density at radius 2 is 1.77 bits per heavy atom. The Morgan fingerprint density at radius 1 is 1.17 bits per heavy atom. The molecule has 0 spiro atoms. The van der Waals surface area contributed by atoms with Crippen LogP contribution in [0.5, 0.6) is 0 Å². The lowest BCUT2D eigenvalue weighted by atomic mass is 10.0. The van der Waals surface area contributed by atoms with E-state index in [2.05, 4.69) is 23.3 Å². The molecule has 0 aromatic heterocycles. The van der Waals surface area contributed by atoms with Crippen LogP contribution in [0.25, 0.3) is 0 Å². The number of carbonyl (C=O) groups excluding carboxylic acids is 3. The van der Waals surface area contributed by atoms with E-state index in [0.29, 0.717) is 5.56 Å². The second kappa shape index (κ2) is 11.5. The highest BCUT2D eigenvalue weighted by Crippen LogP contribution is 2.22. The number of rotatable bonds is 8. The third-order valence-corrected chi connectivity index (χ3v) is 4.17. The molecule has 0 saturated carbocycles. The molecule has 1 aromatic carbocycles. The number of nitrogens with zero attached hydrogens (tertiary/aromatic N) is 2. The van der Waals surface area contributed by atoms with Crippen molar-refractivity contribution in [2.75, 3.05) is 12.3 Å². The van der Waals surface area contributed by atoms with Crippen molar-refractivity contribution < 1.29 is 19.1 Å². The Kier molecular flexibility index (Phi) is 9.66. The van der Waals surface area contributed by atoms with Crippen LogP contribution in [-0.4, -0.2) is 52.8 Å². The first-order valence-corrected chi connectivity index (χ1v) is 10.3. The Morgan fingerprint density at radius 3 is 2.23 bits per heavy atom. The van der Waals surface area contributed by atoms with Crippen molar-refractivity contribution in [2.24, 2.45) is 0 Å². The van der Waals surface area contributed by atoms with E-state index in [1.807, 2.05) is 6.07 Å². The number of alkyl carbamates (subject to hydrolysis) is 1. The van der Waals surface area contributed by atoms with Gasteiger partial charge >= 0.3 is 6.09 Å². The molecule has 1 rings (SSSR count). The molecule has 0 aliphatic carbocycles. The number of hydrogen-bond acceptors (Lipinski definition) is 6. The van der Waals surface area contributed by atoms with Gasteiger partial charge in [-0.1, -0.05) is 30.3 Å². The van der Waals surface area contributed by atoms with E-state index >= 15 is 0 Å². The Hall–Kier alpha value is -2.73. The third kappa shape index (κ3) is 7.95. The van der Waals surface area contributed by atoms with Gasteiger partial charge in [0, 0.05) is 11.8 Å². The van der Waals surface area contributed by atoms with Gasteiger partial charge in [0.25, 0.3) is 0 Å². The van der Waals surface area contributed by atoms with Gasteiger partial charge in [-0.25, -0.2) is 4.79 Å². The topological polar surface area (TPSA) is 112 Å². The maximum Gasteiger partial charge on any atom is 0.408 e. The van der Waals surface area contributed by atoms with E-state index in [0.717, 1.165) is 4.90 Å². The largest absolute Gasteiger partial charge is 0.444 e. The first-order chi connectivity index (χ1) is 14.0. The van der Waals surface area contributed by atoms with Crippen molar-refractivity contribution in [3.8, 4) is 6.07 Å². The molecule has 0 bridgehead atoms. The summed E-state index contributed by atoms with van der Waals surface area (Å²) >= 11 is 4.17. The highest BCUT2D eigenvalue weighted by molar-refractivity contribution is 7.80. The number of nitrogens with one attached hydrogen (secondary N) is 2. The number of ether oxygens (including phenoxy) is 1. The van der Waals surface area contributed by atoms with Crippen LogP contribution in [0, 0.1) is 11.3 Å². The van der Waals surface area contributed by atoms with Crippen LogP contribution in [0.2, 0.25) is 0 Å². The quantitative estimate of drug-likeness (QED) is 0.430. The molecule has 2 N–H and O–H groups in total. The van der Waals surface area contributed by atoms with Crippen LogP contribution in [0.3, 0.4) is 0 Å². The molecule has 0 aliphatic heterocycles. The molecule has 0 heterocycles. The lowest BCUT2D eigenvalue weighted by Crippen LogP contribution is -2.54. The van der Waals surface area contributed by atoms with Crippen LogP contribution < -0.4 is 10.6 Å². The molecule has 3 amide bonds. The van der Waals surface area contributed by atoms with Crippen LogP contribution >= 0.6 is 12.6 Å². The molecule has 2 unspecified atom stereocenters. The minimum atomic E-state index is -1.07. The summed E-state index contributed by atoms with van der Waals surface area (Å²) < 4.78 is 5.21. The normalized spacial score (nSPS) is 13.0. The minimum absolute atomic E-state index is 0.0344. The van der Waals surface area contributed by atoms with Crippen molar-refractivity contribution in [2.45, 2.75) is 58.3 Å². The van der Waals surface area contributed by atoms with Gasteiger partial charge in [0.05, 0.1) is 6.07 Å². The van der Waals surface area contributed by atoms with Crippen molar-refractivity contribution in [1.29, 1.82) is 5.26 Å². The molecule has 0 radical (unpaired) electrons. The van der Waals surface area contributed by atoms with Crippen molar-refractivity contribution in [3.63, 3.8) is 0 Å². The van der Waals surface area contributed by atoms with E-state index in [1.54, 1.807) is 65.0 Å². The number of nitriles is 1. The number of carbonyl (C=O) groups is 3. The smallest absolute Gasteiger partial charge is 0.408 e. The summed E-state index contributed by atoms with van der Waals surface area (Å²) in [5, 5.41) is 14.6. The first kappa shape index (κ1) is 25.3. The average Bonchev–Trinajstić information content (AvgIpc) is 2.64. The zero-order chi connectivity index (χ0) is 22.9. The maximum atomic E-state index is 13.2. The molecule has 164 valence electrons. The fourth-order valence-electron chi connectivity index (χ4n) is 2.68. The molecule has 0 saturated heterocycles. The molecule has 9 heteroatoms. The standard InChI is InChI=1S/C21H30N4O4S/c1-14(2)23-18(26)17(15-9-7-6-8-10-15)25(12-11-22)19(27)16(13-30)24-20(28)29-21(3,4)5/h6-10,14,16-17,30H,12-13H2,1-5H3,(H,23,26)(H,24,28). The van der Waals surface area contributed by atoms with Gasteiger partial charge in [-0.2, -0.15) is 17.9 Å². The van der Waals surface area contributed by atoms with E-state index in [-0.39, 0.29) is 18.3 Å². The molecule has 0 fully saturated rings. The monoisotopic (exact) mass is 434 g/mol. The van der Waals surface area contributed by atoms with Crippen LogP contribution in [0.1, 0.15) is 46.2 Å². The van der Waals surface area contributed by atoms with Gasteiger partial charge in [0.2, 0.25) is 11.8 Å². The fraction of sp³-hybridized carbons (Fsp3) is 0.524. The molecular weight excluding hydrogens is 404 g/mol. The number of hydrogen-bond donors (Lipinski definition) is 3. The molecule has 2 atom stereocenters. The summed E-state index contributed by atoms with van der Waals surface area (Å²) in [7, 11) is 0. The highest BCUT2D eigenvalue weighted by atomic mass is 32.1. The molecule has 30 heavy (non-hydrogen) atoms. The second-order valence-electron chi connectivity index (χ2n) is 7.98. The summed E-state index contributed by atoms with van der Waals surface area (Å²) in [5.74, 6) is -1.06. The SMILES string of the molecule is CC(C)NC(=O)C(c1ccccc1)N(CC#N)C(=O)C(CS)NC(=O)OC(C)(C)C. The predicted molar refractivity (Wildman–Crippen MR) is 117 cm³/mol. The van der Waals surface area contributed by atoms with Gasteiger partial charge in [-0.3, -0.25) is 9.59 Å². The summed E-state index contributed by atoms with van der Waals surface area (Å²) in [4.78, 5) is 39.5. The fourth-order valence-corrected chi connectivity index (χ4v) is 2.93. The zero-order valence-electron chi connectivity index (χ0n) is 18.0. The van der Waals surface area contributed by atoms with Crippen LogP contribution in [0.15, 0.2) is 30.3 Å². The van der Waals surface area contributed by atoms with Crippen LogP contribution in [-0.2, 0) is 14.3 Å². The van der Waals surface area contributed by atoms with Gasteiger partial charge < -0.3 is 20.3 Å². The average molecular weight is 435 g/mol. The van der Waals surface area contributed by atoms with E-state index in [1.165, 1.54) is 0 Å². The number of benzene rings is 1. The number of amides is 3. The third-order valence-electron chi connectivity index (χ3n) is 3.80. The van der Waals surface area contributed by atoms with Crippen molar-refractivity contribution >= 4 is 30.5 Å². The predicted octanol–water partition coefficient (Wildman–Crippen LogP) is 2.43. The maximum absolute atomic E-state index is 13.2. The van der Waals surface area contributed by atoms with Gasteiger partial charge in [0.15, 0.2) is 0 Å². The lowest BCUT2D eigenvalue weighted by molar-refractivity contribution is -0.141. The van der Waals surface area contributed by atoms with Crippen molar-refractivity contribution in [3.05, 3.63) is 35.9 Å². The summed E-state index contributed by atoms with van der Waals surface area (Å²) in [6.45, 7) is 8.37. The zero-order valence-corrected chi connectivity index (χ0v) is 18.9. The molecular formula is C21H30N4O4S. The first-order valence-electron chi connectivity index (χ1n) is 9.63. The van der Waals surface area contributed by atoms with E-state index in [9.17, 15) is 19.6 Å². The summed E-state index contributed by atoms with van der Waals surface area (Å²) in [6, 6.07) is 8.35. The highest BCUT2D eigenvalue weighted by Gasteiger charge is 2.35. The van der Waals surface area contributed by atoms with Gasteiger partial charge in [-0.15, -0.1) is 0 Å². The molecule has 1 aromatic rings. The van der Waals surface area contributed by atoms with Gasteiger partial charge in [-0.05, 0) is 40.2 Å². The summed E-state index contributed by atoms with van der Waals surface area (Å²) in [5.41, 5.74) is -0.195. The molecule has 0 aliphatic rings. The van der Waals surface area contributed by atoms with Crippen LogP contribution in [0.4, 0.5) is 4.79 Å².